The lowest BCUT2D eigenvalue weighted by Gasteiger charge is -2.52. The van der Waals surface area contributed by atoms with Crippen LogP contribution >= 0.6 is 23.5 Å². The molecule has 8 heteroatoms. The van der Waals surface area contributed by atoms with Crippen molar-refractivity contribution in [1.29, 1.82) is 0 Å². The van der Waals surface area contributed by atoms with Gasteiger partial charge in [0.2, 0.25) is 5.91 Å². The van der Waals surface area contributed by atoms with Gasteiger partial charge in [0.25, 0.3) is 0 Å². The van der Waals surface area contributed by atoms with Gasteiger partial charge in [0.1, 0.15) is 16.8 Å². The number of hydrogen-bond acceptors (Lipinski definition) is 6. The van der Waals surface area contributed by atoms with Crippen LogP contribution in [0, 0.1) is 5.41 Å². The summed E-state index contributed by atoms with van der Waals surface area (Å²) < 4.78 is 0. The third-order valence-corrected chi connectivity index (χ3v) is 6.26. The monoisotopic (exact) mass is 287 g/mol. The molecule has 3 aliphatic rings. The number of rotatable bonds is 2. The Morgan fingerprint density at radius 3 is 3.00 bits per heavy atom. The summed E-state index contributed by atoms with van der Waals surface area (Å²) in [6, 6.07) is -0.472. The molecule has 3 heterocycles. The maximum absolute atomic E-state index is 11.7. The Balaban J connectivity index is 1.89. The van der Waals surface area contributed by atoms with Gasteiger partial charge in [-0.15, -0.1) is 23.5 Å². The minimum Gasteiger partial charge on any atom is -0.480 e. The Kier molecular flexibility index (Phi) is 2.83. The molecule has 3 atom stereocenters. The van der Waals surface area contributed by atoms with Gasteiger partial charge in [0.05, 0.1) is 5.04 Å². The van der Waals surface area contributed by atoms with E-state index in [1.165, 1.54) is 23.5 Å². The van der Waals surface area contributed by atoms with Crippen LogP contribution in [-0.2, 0) is 9.59 Å². The first-order valence-corrected chi connectivity index (χ1v) is 7.68. The number of aliphatic imine (C=N–C) groups is 1. The standard InChI is InChI=1S/C10H13N3O3S2/c11-5-6(14)13-3-10(9(15)16,4-18-7(5)13)8-12-1-2-17-8/h5,7H,1-4,11H2,(H,15,16)/t5?,7-,10?/m1/s1. The summed E-state index contributed by atoms with van der Waals surface area (Å²) in [5.41, 5.74) is 4.67. The first-order valence-electron chi connectivity index (χ1n) is 5.65. The molecule has 0 spiro atoms. The molecule has 6 nitrogen and oxygen atoms in total. The molecule has 2 saturated heterocycles. The summed E-state index contributed by atoms with van der Waals surface area (Å²) in [5.74, 6) is 0.221. The number of aliphatic carboxylic acids is 1. The summed E-state index contributed by atoms with van der Waals surface area (Å²) in [6.07, 6.45) is 0. The van der Waals surface area contributed by atoms with Crippen molar-refractivity contribution < 1.29 is 14.7 Å². The van der Waals surface area contributed by atoms with E-state index in [0.717, 1.165) is 5.75 Å². The molecule has 0 aliphatic carbocycles. The van der Waals surface area contributed by atoms with Crippen molar-refractivity contribution >= 4 is 40.4 Å². The highest BCUT2D eigenvalue weighted by Gasteiger charge is 2.58. The molecule has 2 fully saturated rings. The third kappa shape index (κ3) is 1.52. The molecule has 98 valence electrons. The summed E-state index contributed by atoms with van der Waals surface area (Å²) in [6.45, 7) is 0.870. The lowest BCUT2D eigenvalue weighted by atomic mass is 9.88. The first-order chi connectivity index (χ1) is 8.56. The summed E-state index contributed by atoms with van der Waals surface area (Å²) in [4.78, 5) is 29.2. The average molecular weight is 287 g/mol. The number of carboxylic acid groups (broad SMARTS) is 1. The lowest BCUT2D eigenvalue weighted by Crippen LogP contribution is -2.72. The highest BCUT2D eigenvalue weighted by atomic mass is 32.2. The number of hydrogen-bond donors (Lipinski definition) is 2. The topological polar surface area (TPSA) is 96.0 Å². The number of carbonyl (C=O) groups is 2. The van der Waals surface area contributed by atoms with Crippen LogP contribution in [0.5, 0.6) is 0 Å². The second kappa shape index (κ2) is 4.14. The molecule has 3 N–H and O–H groups in total. The molecule has 0 saturated carbocycles. The summed E-state index contributed by atoms with van der Waals surface area (Å²) in [7, 11) is 0. The molecule has 2 unspecified atom stereocenters. The quantitative estimate of drug-likeness (QED) is 0.661. The van der Waals surface area contributed by atoms with Gasteiger partial charge in [0.15, 0.2) is 0 Å². The van der Waals surface area contributed by atoms with Crippen LogP contribution in [0.1, 0.15) is 0 Å². The van der Waals surface area contributed by atoms with Gasteiger partial charge in [-0.3, -0.25) is 14.6 Å². The molecule has 0 aromatic heterocycles. The van der Waals surface area contributed by atoms with Crippen LogP contribution in [0.2, 0.25) is 0 Å². The van der Waals surface area contributed by atoms with Crippen LogP contribution in [0.4, 0.5) is 0 Å². The second-order valence-corrected chi connectivity index (χ2v) is 6.80. The maximum Gasteiger partial charge on any atom is 0.318 e. The predicted molar refractivity (Wildman–Crippen MR) is 70.8 cm³/mol. The van der Waals surface area contributed by atoms with E-state index >= 15 is 0 Å². The van der Waals surface area contributed by atoms with Gasteiger partial charge >= 0.3 is 5.97 Å². The number of β-lactam (4-membered cyclic amide) rings is 1. The lowest BCUT2D eigenvalue weighted by molar-refractivity contribution is -0.152. The molecular weight excluding hydrogens is 274 g/mol. The zero-order valence-corrected chi connectivity index (χ0v) is 11.2. The van der Waals surface area contributed by atoms with Gasteiger partial charge in [-0.05, 0) is 0 Å². The average Bonchev–Trinajstić information content (AvgIpc) is 2.91. The fourth-order valence-electron chi connectivity index (χ4n) is 2.45. The minimum atomic E-state index is -1.03. The van der Waals surface area contributed by atoms with Gasteiger partial charge in [-0.1, -0.05) is 0 Å². The molecule has 0 radical (unpaired) electrons. The Bertz CT molecular complexity index is 456. The largest absolute Gasteiger partial charge is 0.480 e. The van der Waals surface area contributed by atoms with E-state index in [0.29, 0.717) is 17.3 Å². The Labute approximate surface area is 112 Å². The van der Waals surface area contributed by atoms with E-state index in [-0.39, 0.29) is 17.8 Å². The molecule has 3 rings (SSSR count). The van der Waals surface area contributed by atoms with Crippen molar-refractivity contribution in [2.24, 2.45) is 16.1 Å². The van der Waals surface area contributed by atoms with Crippen molar-refractivity contribution in [3.05, 3.63) is 0 Å². The van der Waals surface area contributed by atoms with Gasteiger partial charge < -0.3 is 15.7 Å². The van der Waals surface area contributed by atoms with E-state index in [4.69, 9.17) is 5.73 Å². The van der Waals surface area contributed by atoms with Crippen molar-refractivity contribution in [2.75, 3.05) is 24.6 Å². The van der Waals surface area contributed by atoms with E-state index in [1.807, 2.05) is 0 Å². The normalized spacial score (nSPS) is 39.1. The van der Waals surface area contributed by atoms with Crippen molar-refractivity contribution in [3.8, 4) is 0 Å². The molecule has 0 bridgehead atoms. The number of carboxylic acids is 1. The van der Waals surface area contributed by atoms with Gasteiger partial charge in [0, 0.05) is 24.6 Å². The van der Waals surface area contributed by atoms with Crippen LogP contribution in [-0.4, -0.2) is 62.9 Å². The minimum absolute atomic E-state index is 0.0584. The van der Waals surface area contributed by atoms with Crippen LogP contribution in [0.3, 0.4) is 0 Å². The highest BCUT2D eigenvalue weighted by Crippen LogP contribution is 2.44. The zero-order valence-electron chi connectivity index (χ0n) is 9.54. The van der Waals surface area contributed by atoms with Crippen LogP contribution in [0.15, 0.2) is 4.99 Å². The Morgan fingerprint density at radius 1 is 1.61 bits per heavy atom. The number of nitrogens with zero attached hydrogens (tertiary/aromatic N) is 2. The summed E-state index contributed by atoms with van der Waals surface area (Å²) >= 11 is 2.94. The Hall–Kier alpha value is -0.730. The molecule has 1 amide bonds. The van der Waals surface area contributed by atoms with E-state index in [9.17, 15) is 14.7 Å². The molecule has 0 aromatic carbocycles. The first kappa shape index (κ1) is 12.3. The number of carbonyl (C=O) groups excluding carboxylic acids is 1. The van der Waals surface area contributed by atoms with Gasteiger partial charge in [-0.25, -0.2) is 0 Å². The summed E-state index contributed by atoms with van der Waals surface area (Å²) in [5, 5.41) is 10.2. The highest BCUT2D eigenvalue weighted by molar-refractivity contribution is 8.14. The fourth-order valence-corrected chi connectivity index (χ4v) is 5.09. The maximum atomic E-state index is 11.7. The third-order valence-electron chi connectivity index (χ3n) is 3.53. The predicted octanol–water partition coefficient (Wildman–Crippen LogP) is -0.555. The molecule has 18 heavy (non-hydrogen) atoms. The number of amides is 1. The fraction of sp³-hybridized carbons (Fsp3) is 0.700. The van der Waals surface area contributed by atoms with E-state index in [2.05, 4.69) is 4.99 Å². The molecular formula is C10H13N3O3S2. The van der Waals surface area contributed by atoms with E-state index in [1.54, 1.807) is 4.90 Å². The van der Waals surface area contributed by atoms with Gasteiger partial charge in [-0.2, -0.15) is 0 Å². The van der Waals surface area contributed by atoms with E-state index < -0.39 is 17.4 Å². The second-order valence-electron chi connectivity index (χ2n) is 4.62. The van der Waals surface area contributed by atoms with Crippen molar-refractivity contribution in [1.82, 2.24) is 4.90 Å². The Morgan fingerprint density at radius 2 is 2.39 bits per heavy atom. The van der Waals surface area contributed by atoms with Crippen molar-refractivity contribution in [2.45, 2.75) is 11.4 Å². The SMILES string of the molecule is NC1C(=O)N2CC(C(=O)O)(C3=NCCS3)CS[C@H]12. The van der Waals surface area contributed by atoms with Crippen molar-refractivity contribution in [3.63, 3.8) is 0 Å². The smallest absolute Gasteiger partial charge is 0.318 e. The molecule has 0 aromatic rings. The zero-order chi connectivity index (χ0) is 12.9. The number of thioether (sulfide) groups is 2. The van der Waals surface area contributed by atoms with Crippen LogP contribution < -0.4 is 5.73 Å². The number of fused-ring (bicyclic) bond motifs is 1. The van der Waals surface area contributed by atoms with Crippen LogP contribution in [0.25, 0.3) is 0 Å². The number of nitrogens with two attached hydrogens (primary N) is 1. The molecule has 3 aliphatic heterocycles.